The molecule has 0 aliphatic carbocycles. The van der Waals surface area contributed by atoms with Gasteiger partial charge in [0.2, 0.25) is 0 Å². The topological polar surface area (TPSA) is 59.1 Å². The summed E-state index contributed by atoms with van der Waals surface area (Å²) < 4.78 is 25.2. The highest BCUT2D eigenvalue weighted by Crippen LogP contribution is 2.30. The molecule has 0 saturated heterocycles. The Morgan fingerprint density at radius 3 is 2.64 bits per heavy atom. The lowest BCUT2D eigenvalue weighted by molar-refractivity contribution is 0.595. The Bertz CT molecular complexity index is 887. The third kappa shape index (κ3) is 3.13. The van der Waals surface area contributed by atoms with Crippen LogP contribution in [0.1, 0.15) is 13.3 Å². The van der Waals surface area contributed by atoms with E-state index >= 15 is 0 Å². The molecule has 6 heteroatoms. The minimum atomic E-state index is -3.19. The molecule has 3 rings (SSSR count). The molecule has 0 aliphatic rings. The van der Waals surface area contributed by atoms with Crippen LogP contribution in [0.3, 0.4) is 0 Å². The van der Waals surface area contributed by atoms with Gasteiger partial charge in [0.05, 0.1) is 20.9 Å². The van der Waals surface area contributed by atoms with Crippen molar-refractivity contribution in [3.8, 4) is 0 Å². The number of anilines is 2. The Balaban J connectivity index is 1.94. The van der Waals surface area contributed by atoms with Crippen molar-refractivity contribution in [3.05, 3.63) is 48.5 Å². The second kappa shape index (κ2) is 6.06. The third-order valence-corrected chi connectivity index (χ3v) is 6.07. The first-order valence-corrected chi connectivity index (χ1v) is 9.51. The predicted octanol–water partition coefficient (Wildman–Crippen LogP) is 4.22. The van der Waals surface area contributed by atoms with Gasteiger partial charge >= 0.3 is 0 Å². The molecule has 114 valence electrons. The largest absolute Gasteiger partial charge is 0.332 e. The van der Waals surface area contributed by atoms with Crippen molar-refractivity contribution in [2.75, 3.05) is 11.1 Å². The van der Waals surface area contributed by atoms with E-state index in [0.717, 1.165) is 21.0 Å². The summed E-state index contributed by atoms with van der Waals surface area (Å²) in [5.41, 5.74) is 1.76. The maximum atomic E-state index is 12.1. The Labute approximate surface area is 133 Å². The number of sulfone groups is 1. The molecule has 2 aromatic carbocycles. The number of hydrogen-bond donors (Lipinski definition) is 1. The van der Waals surface area contributed by atoms with Crippen molar-refractivity contribution in [2.24, 2.45) is 0 Å². The van der Waals surface area contributed by atoms with E-state index in [1.54, 1.807) is 18.2 Å². The minimum Gasteiger partial charge on any atom is -0.332 e. The second-order valence-electron chi connectivity index (χ2n) is 4.96. The fourth-order valence-electron chi connectivity index (χ4n) is 2.18. The Kier molecular flexibility index (Phi) is 4.13. The fourth-order valence-corrected chi connectivity index (χ4v) is 4.53. The molecular formula is C16H16N2O2S2. The molecule has 0 amide bonds. The van der Waals surface area contributed by atoms with E-state index in [9.17, 15) is 8.42 Å². The van der Waals surface area contributed by atoms with Gasteiger partial charge in [0.1, 0.15) is 0 Å². The van der Waals surface area contributed by atoms with Gasteiger partial charge in [-0.15, -0.1) is 0 Å². The zero-order valence-electron chi connectivity index (χ0n) is 12.1. The molecule has 1 aromatic heterocycles. The molecule has 0 atom stereocenters. The normalized spacial score (nSPS) is 11.7. The van der Waals surface area contributed by atoms with Gasteiger partial charge in [-0.2, -0.15) is 0 Å². The predicted molar refractivity (Wildman–Crippen MR) is 91.7 cm³/mol. The average molecular weight is 332 g/mol. The van der Waals surface area contributed by atoms with Crippen LogP contribution in [0.4, 0.5) is 10.8 Å². The molecule has 22 heavy (non-hydrogen) atoms. The van der Waals surface area contributed by atoms with Crippen molar-refractivity contribution in [2.45, 2.75) is 18.2 Å². The van der Waals surface area contributed by atoms with Crippen molar-refractivity contribution in [1.29, 1.82) is 0 Å². The molecule has 0 fully saturated rings. The number of benzene rings is 2. The van der Waals surface area contributed by atoms with Gasteiger partial charge in [-0.05, 0) is 36.8 Å². The highest BCUT2D eigenvalue weighted by molar-refractivity contribution is 7.91. The van der Waals surface area contributed by atoms with E-state index in [0.29, 0.717) is 11.3 Å². The quantitative estimate of drug-likeness (QED) is 0.760. The van der Waals surface area contributed by atoms with E-state index in [1.807, 2.05) is 37.3 Å². The van der Waals surface area contributed by atoms with Gasteiger partial charge in [0.25, 0.3) is 0 Å². The number of thiazole rings is 1. The van der Waals surface area contributed by atoms with Gasteiger partial charge < -0.3 is 5.32 Å². The number of para-hydroxylation sites is 1. The zero-order chi connectivity index (χ0) is 15.6. The first-order chi connectivity index (χ1) is 10.6. The standard InChI is InChI=1S/C16H16N2O2S2/c1-2-10-22(19,20)13-8-9-14-15(11-13)21-16(18-14)17-12-6-4-3-5-7-12/h3-9,11H,2,10H2,1H3,(H,17,18). The summed E-state index contributed by atoms with van der Waals surface area (Å²) >= 11 is 1.45. The lowest BCUT2D eigenvalue weighted by Crippen LogP contribution is -2.05. The van der Waals surface area contributed by atoms with Gasteiger partial charge in [0, 0.05) is 5.69 Å². The van der Waals surface area contributed by atoms with E-state index in [4.69, 9.17) is 0 Å². The maximum Gasteiger partial charge on any atom is 0.188 e. The summed E-state index contributed by atoms with van der Waals surface area (Å²) in [7, 11) is -3.19. The second-order valence-corrected chi connectivity index (χ2v) is 8.10. The number of hydrogen-bond acceptors (Lipinski definition) is 5. The first-order valence-electron chi connectivity index (χ1n) is 7.04. The van der Waals surface area contributed by atoms with Crippen LogP contribution in [0.2, 0.25) is 0 Å². The lowest BCUT2D eigenvalue weighted by atomic mass is 10.3. The number of fused-ring (bicyclic) bond motifs is 1. The molecule has 0 bridgehead atoms. The van der Waals surface area contributed by atoms with Crippen molar-refractivity contribution < 1.29 is 8.42 Å². The van der Waals surface area contributed by atoms with Gasteiger partial charge in [-0.1, -0.05) is 36.5 Å². The van der Waals surface area contributed by atoms with E-state index in [-0.39, 0.29) is 5.75 Å². The SMILES string of the molecule is CCCS(=O)(=O)c1ccc2nc(Nc3ccccc3)sc2c1. The van der Waals surface area contributed by atoms with Gasteiger partial charge in [-0.3, -0.25) is 0 Å². The van der Waals surface area contributed by atoms with Crippen LogP contribution in [-0.4, -0.2) is 19.2 Å². The Hall–Kier alpha value is -1.92. The summed E-state index contributed by atoms with van der Waals surface area (Å²) in [6.07, 6.45) is 0.615. The zero-order valence-corrected chi connectivity index (χ0v) is 13.7. The first kappa shape index (κ1) is 15.0. The maximum absolute atomic E-state index is 12.1. The molecule has 0 aliphatic heterocycles. The molecule has 4 nitrogen and oxygen atoms in total. The third-order valence-electron chi connectivity index (χ3n) is 3.22. The van der Waals surface area contributed by atoms with Gasteiger partial charge in [0.15, 0.2) is 15.0 Å². The number of rotatable bonds is 5. The number of nitrogens with zero attached hydrogens (tertiary/aromatic N) is 1. The van der Waals surface area contributed by atoms with Crippen LogP contribution in [0, 0.1) is 0 Å². The summed E-state index contributed by atoms with van der Waals surface area (Å²) in [5, 5.41) is 3.99. The fraction of sp³-hybridized carbons (Fsp3) is 0.188. The molecule has 0 radical (unpaired) electrons. The minimum absolute atomic E-state index is 0.173. The van der Waals surface area contributed by atoms with Crippen LogP contribution in [-0.2, 0) is 9.84 Å². The molecule has 0 spiro atoms. The molecule has 0 saturated carbocycles. The molecule has 1 N–H and O–H groups in total. The smallest absolute Gasteiger partial charge is 0.188 e. The highest BCUT2D eigenvalue weighted by atomic mass is 32.2. The summed E-state index contributed by atoms with van der Waals surface area (Å²) in [6, 6.07) is 14.9. The van der Waals surface area contributed by atoms with Crippen molar-refractivity contribution in [3.63, 3.8) is 0 Å². The molecule has 1 heterocycles. The summed E-state index contributed by atoms with van der Waals surface area (Å²) in [6.45, 7) is 1.87. The molecule has 0 unspecified atom stereocenters. The Morgan fingerprint density at radius 1 is 1.14 bits per heavy atom. The monoisotopic (exact) mass is 332 g/mol. The van der Waals surface area contributed by atoms with Crippen LogP contribution in [0.15, 0.2) is 53.4 Å². The van der Waals surface area contributed by atoms with Crippen molar-refractivity contribution in [1.82, 2.24) is 4.98 Å². The van der Waals surface area contributed by atoms with Gasteiger partial charge in [-0.25, -0.2) is 13.4 Å². The summed E-state index contributed by atoms with van der Waals surface area (Å²) in [4.78, 5) is 4.86. The molecular weight excluding hydrogens is 316 g/mol. The Morgan fingerprint density at radius 2 is 1.91 bits per heavy atom. The van der Waals surface area contributed by atoms with E-state index < -0.39 is 9.84 Å². The average Bonchev–Trinajstić information content (AvgIpc) is 2.89. The highest BCUT2D eigenvalue weighted by Gasteiger charge is 2.15. The van der Waals surface area contributed by atoms with Crippen LogP contribution >= 0.6 is 11.3 Å². The van der Waals surface area contributed by atoms with Crippen molar-refractivity contribution >= 4 is 42.2 Å². The van der Waals surface area contributed by atoms with Crippen LogP contribution < -0.4 is 5.32 Å². The number of nitrogens with one attached hydrogen (secondary N) is 1. The van der Waals surface area contributed by atoms with E-state index in [1.165, 1.54) is 11.3 Å². The lowest BCUT2D eigenvalue weighted by Gasteiger charge is -2.01. The van der Waals surface area contributed by atoms with E-state index in [2.05, 4.69) is 10.3 Å². The van der Waals surface area contributed by atoms with Crippen LogP contribution in [0.25, 0.3) is 10.2 Å². The number of aromatic nitrogens is 1. The molecule has 3 aromatic rings. The summed E-state index contributed by atoms with van der Waals surface area (Å²) in [5.74, 6) is 0.173. The van der Waals surface area contributed by atoms with Crippen LogP contribution in [0.5, 0.6) is 0 Å².